The normalized spacial score (nSPS) is 15.3. The lowest BCUT2D eigenvalue weighted by Gasteiger charge is -2.35. The van der Waals surface area contributed by atoms with Crippen molar-refractivity contribution in [2.45, 2.75) is 44.9 Å². The smallest absolute Gasteiger partial charge is 0.233 e. The zero-order chi connectivity index (χ0) is 23.7. The summed E-state index contributed by atoms with van der Waals surface area (Å²) in [7, 11) is 0. The maximum atomic E-state index is 13.3. The van der Waals surface area contributed by atoms with Crippen molar-refractivity contribution in [1.82, 2.24) is 24.6 Å². The number of hydrogen-bond donors (Lipinski definition) is 0. The van der Waals surface area contributed by atoms with Crippen molar-refractivity contribution >= 4 is 17.7 Å². The van der Waals surface area contributed by atoms with Gasteiger partial charge >= 0.3 is 0 Å². The van der Waals surface area contributed by atoms with Crippen LogP contribution in [-0.4, -0.2) is 42.4 Å². The average Bonchev–Trinajstić information content (AvgIpc) is 3.26. The Balaban J connectivity index is 1.43. The molecule has 6 nitrogen and oxygen atoms in total. The molecule has 0 saturated carbocycles. The quantitative estimate of drug-likeness (QED) is 0.385. The SMILES string of the molecule is Cc1ccc(-n2c(SCC(=O)N3Cc4ccccc4CC3C)nnc2-c2cccnc2)c(C)c1. The van der Waals surface area contributed by atoms with Gasteiger partial charge in [0.25, 0.3) is 0 Å². The van der Waals surface area contributed by atoms with E-state index in [0.29, 0.717) is 17.5 Å². The van der Waals surface area contributed by atoms with Gasteiger partial charge in [-0.15, -0.1) is 10.2 Å². The summed E-state index contributed by atoms with van der Waals surface area (Å²) in [6.07, 6.45) is 4.42. The predicted molar refractivity (Wildman–Crippen MR) is 135 cm³/mol. The number of carbonyl (C=O) groups is 1. The number of hydrogen-bond acceptors (Lipinski definition) is 5. The summed E-state index contributed by atoms with van der Waals surface area (Å²) < 4.78 is 2.04. The Labute approximate surface area is 204 Å². The fourth-order valence-electron chi connectivity index (χ4n) is 4.54. The van der Waals surface area contributed by atoms with E-state index in [1.165, 1.54) is 28.5 Å². The van der Waals surface area contributed by atoms with E-state index in [4.69, 9.17) is 0 Å². The summed E-state index contributed by atoms with van der Waals surface area (Å²) in [5, 5.41) is 9.67. The lowest BCUT2D eigenvalue weighted by atomic mass is 9.95. The molecule has 2 aromatic carbocycles. The van der Waals surface area contributed by atoms with Gasteiger partial charge in [0.05, 0.1) is 11.4 Å². The van der Waals surface area contributed by atoms with Gasteiger partial charge in [0, 0.05) is 30.5 Å². The maximum Gasteiger partial charge on any atom is 0.233 e. The lowest BCUT2D eigenvalue weighted by molar-refractivity contribution is -0.131. The summed E-state index contributed by atoms with van der Waals surface area (Å²) in [4.78, 5) is 19.5. The number of aryl methyl sites for hydroxylation is 2. The van der Waals surface area contributed by atoms with Crippen LogP contribution in [-0.2, 0) is 17.8 Å². The molecule has 3 heterocycles. The molecule has 2 aromatic heterocycles. The van der Waals surface area contributed by atoms with Crippen molar-refractivity contribution < 1.29 is 4.79 Å². The van der Waals surface area contributed by atoms with Crippen molar-refractivity contribution in [3.8, 4) is 17.1 Å². The fourth-order valence-corrected chi connectivity index (χ4v) is 5.37. The van der Waals surface area contributed by atoms with Gasteiger partial charge in [-0.05, 0) is 62.1 Å². The first kappa shape index (κ1) is 22.3. The Bertz CT molecular complexity index is 1330. The molecule has 1 aliphatic rings. The molecule has 1 aliphatic heterocycles. The molecule has 0 fully saturated rings. The molecule has 0 N–H and O–H groups in total. The Hall–Kier alpha value is -3.45. The molecule has 0 radical (unpaired) electrons. The van der Waals surface area contributed by atoms with Crippen molar-refractivity contribution in [2.24, 2.45) is 0 Å². The molecule has 34 heavy (non-hydrogen) atoms. The molecular weight excluding hydrogens is 442 g/mol. The highest BCUT2D eigenvalue weighted by molar-refractivity contribution is 7.99. The Kier molecular flexibility index (Phi) is 6.20. The standard InChI is InChI=1S/C27H27N5OS/c1-18-10-11-24(19(2)13-18)32-26(22-9-6-12-28-15-22)29-30-27(32)34-17-25(33)31-16-23-8-5-4-7-21(23)14-20(31)3/h4-13,15,20H,14,16-17H2,1-3H3. The van der Waals surface area contributed by atoms with E-state index < -0.39 is 0 Å². The van der Waals surface area contributed by atoms with Gasteiger partial charge in [0.2, 0.25) is 5.91 Å². The van der Waals surface area contributed by atoms with E-state index in [9.17, 15) is 4.79 Å². The number of pyridine rings is 1. The number of thioether (sulfide) groups is 1. The van der Waals surface area contributed by atoms with Crippen LogP contribution in [0.1, 0.15) is 29.2 Å². The van der Waals surface area contributed by atoms with Crippen LogP contribution in [0.2, 0.25) is 0 Å². The highest BCUT2D eigenvalue weighted by atomic mass is 32.2. The Morgan fingerprint density at radius 3 is 2.65 bits per heavy atom. The van der Waals surface area contributed by atoms with Crippen LogP contribution in [0, 0.1) is 13.8 Å². The zero-order valence-corrected chi connectivity index (χ0v) is 20.4. The van der Waals surface area contributed by atoms with Crippen LogP contribution < -0.4 is 0 Å². The number of nitrogens with zero attached hydrogens (tertiary/aromatic N) is 5. The third-order valence-electron chi connectivity index (χ3n) is 6.30. The molecule has 0 bridgehead atoms. The first-order chi connectivity index (χ1) is 16.5. The number of fused-ring (bicyclic) bond motifs is 1. The van der Waals surface area contributed by atoms with E-state index in [1.807, 2.05) is 27.7 Å². The second-order valence-corrected chi connectivity index (χ2v) is 9.75. The van der Waals surface area contributed by atoms with Gasteiger partial charge in [0.1, 0.15) is 0 Å². The van der Waals surface area contributed by atoms with Crippen LogP contribution in [0.3, 0.4) is 0 Å². The first-order valence-electron chi connectivity index (χ1n) is 11.4. The maximum absolute atomic E-state index is 13.3. The highest BCUT2D eigenvalue weighted by Gasteiger charge is 2.27. The Morgan fingerprint density at radius 1 is 1.06 bits per heavy atom. The average molecular weight is 470 g/mol. The molecular formula is C27H27N5OS. The second-order valence-electron chi connectivity index (χ2n) is 8.81. The van der Waals surface area contributed by atoms with Gasteiger partial charge in [-0.3, -0.25) is 14.3 Å². The number of benzene rings is 2. The lowest BCUT2D eigenvalue weighted by Crippen LogP contribution is -2.43. The second kappa shape index (κ2) is 9.43. The van der Waals surface area contributed by atoms with Gasteiger partial charge in [-0.25, -0.2) is 0 Å². The molecule has 4 aromatic rings. The first-order valence-corrected chi connectivity index (χ1v) is 12.4. The molecule has 5 rings (SSSR count). The van der Waals surface area contributed by atoms with E-state index in [-0.39, 0.29) is 11.9 Å². The number of carbonyl (C=O) groups excluding carboxylic acids is 1. The molecule has 1 unspecified atom stereocenters. The largest absolute Gasteiger partial charge is 0.335 e. The van der Waals surface area contributed by atoms with Gasteiger partial charge < -0.3 is 4.90 Å². The predicted octanol–water partition coefficient (Wildman–Crippen LogP) is 5.01. The monoisotopic (exact) mass is 469 g/mol. The van der Waals surface area contributed by atoms with Crippen LogP contribution in [0.25, 0.3) is 17.1 Å². The summed E-state index contributed by atoms with van der Waals surface area (Å²) in [5.41, 5.74) is 6.78. The summed E-state index contributed by atoms with van der Waals surface area (Å²) in [6, 6.07) is 18.7. The third-order valence-corrected chi connectivity index (χ3v) is 7.21. The van der Waals surface area contributed by atoms with Crippen LogP contribution in [0.15, 0.2) is 72.1 Å². The third kappa shape index (κ3) is 4.35. The molecule has 0 aliphatic carbocycles. The molecule has 172 valence electrons. The number of aromatic nitrogens is 4. The van der Waals surface area contributed by atoms with E-state index >= 15 is 0 Å². The summed E-state index contributed by atoms with van der Waals surface area (Å²) in [6.45, 7) is 6.94. The van der Waals surface area contributed by atoms with Crippen molar-refractivity contribution in [3.63, 3.8) is 0 Å². The fraction of sp³-hybridized carbons (Fsp3) is 0.259. The van der Waals surface area contributed by atoms with Crippen LogP contribution in [0.5, 0.6) is 0 Å². The minimum atomic E-state index is 0.116. The summed E-state index contributed by atoms with van der Waals surface area (Å²) >= 11 is 1.43. The Morgan fingerprint density at radius 2 is 1.88 bits per heavy atom. The van der Waals surface area contributed by atoms with Crippen molar-refractivity contribution in [3.05, 3.63) is 89.2 Å². The van der Waals surface area contributed by atoms with E-state index in [1.54, 1.807) is 12.4 Å². The van der Waals surface area contributed by atoms with Crippen molar-refractivity contribution in [2.75, 3.05) is 5.75 Å². The van der Waals surface area contributed by atoms with E-state index in [2.05, 4.69) is 72.4 Å². The van der Waals surface area contributed by atoms with Gasteiger partial charge in [-0.2, -0.15) is 0 Å². The topological polar surface area (TPSA) is 63.9 Å². The van der Waals surface area contributed by atoms with Gasteiger partial charge in [0.15, 0.2) is 11.0 Å². The minimum Gasteiger partial charge on any atom is -0.335 e. The number of rotatable bonds is 5. The van der Waals surface area contributed by atoms with Crippen LogP contribution in [0.4, 0.5) is 0 Å². The summed E-state index contributed by atoms with van der Waals surface area (Å²) in [5.74, 6) is 1.14. The zero-order valence-electron chi connectivity index (χ0n) is 19.6. The molecule has 0 saturated heterocycles. The molecule has 1 atom stereocenters. The molecule has 7 heteroatoms. The molecule has 0 spiro atoms. The minimum absolute atomic E-state index is 0.116. The molecule has 1 amide bonds. The highest BCUT2D eigenvalue weighted by Crippen LogP contribution is 2.30. The van der Waals surface area contributed by atoms with Crippen molar-refractivity contribution in [1.29, 1.82) is 0 Å². The van der Waals surface area contributed by atoms with Gasteiger partial charge in [-0.1, -0.05) is 53.7 Å². The van der Waals surface area contributed by atoms with Crippen LogP contribution >= 0.6 is 11.8 Å². The number of amides is 1. The van der Waals surface area contributed by atoms with E-state index in [0.717, 1.165) is 29.1 Å².